The fraction of sp³-hybridized carbons (Fsp3) is 0.308. The van der Waals surface area contributed by atoms with E-state index in [1.807, 2.05) is 0 Å². The van der Waals surface area contributed by atoms with Crippen molar-refractivity contribution in [2.75, 3.05) is 19.0 Å². The number of methoxy groups -OCH3 is 1. The van der Waals surface area contributed by atoms with Crippen LogP contribution in [-0.4, -0.2) is 36.5 Å². The summed E-state index contributed by atoms with van der Waals surface area (Å²) in [5.41, 5.74) is 0.334. The first-order valence-corrected chi connectivity index (χ1v) is 6.82. The van der Waals surface area contributed by atoms with E-state index in [1.54, 1.807) is 6.07 Å². The molecule has 1 heterocycles. The molecule has 1 aromatic rings. The summed E-state index contributed by atoms with van der Waals surface area (Å²) in [5.74, 6) is -1.58. The Morgan fingerprint density at radius 3 is 2.71 bits per heavy atom. The third kappa shape index (κ3) is 3.46. The average molecular weight is 331 g/mol. The average Bonchev–Trinajstić information content (AvgIpc) is 2.83. The summed E-state index contributed by atoms with van der Waals surface area (Å²) in [4.78, 5) is 36.2. The van der Waals surface area contributed by atoms with Gasteiger partial charge in [0.1, 0.15) is 0 Å². The van der Waals surface area contributed by atoms with Gasteiger partial charge in [0.15, 0.2) is 0 Å². The number of hydrogen-bond donors (Lipinski definition) is 1. The van der Waals surface area contributed by atoms with E-state index in [0.717, 1.165) is 4.90 Å². The molecule has 0 spiro atoms. The first-order valence-electron chi connectivity index (χ1n) is 6.06. The number of nitrogens with one attached hydrogen (secondary N) is 1. The van der Waals surface area contributed by atoms with Gasteiger partial charge < -0.3 is 10.1 Å². The van der Waals surface area contributed by atoms with Crippen molar-refractivity contribution in [3.05, 3.63) is 28.2 Å². The van der Waals surface area contributed by atoms with Gasteiger partial charge in [-0.05, 0) is 18.2 Å². The Balaban J connectivity index is 2.07. The van der Waals surface area contributed by atoms with Crippen LogP contribution in [0.4, 0.5) is 10.5 Å². The van der Waals surface area contributed by atoms with Gasteiger partial charge in [0.05, 0.1) is 23.7 Å². The second-order valence-electron chi connectivity index (χ2n) is 4.48. The van der Waals surface area contributed by atoms with Crippen molar-refractivity contribution in [2.45, 2.75) is 6.42 Å². The van der Waals surface area contributed by atoms with Crippen LogP contribution in [0, 0.1) is 5.92 Å². The van der Waals surface area contributed by atoms with Crippen LogP contribution in [0.2, 0.25) is 10.0 Å². The third-order valence-corrected chi connectivity index (χ3v) is 3.63. The van der Waals surface area contributed by atoms with Gasteiger partial charge in [-0.3, -0.25) is 14.5 Å². The van der Waals surface area contributed by atoms with Crippen LogP contribution in [0.5, 0.6) is 0 Å². The molecule has 1 aromatic carbocycles. The second-order valence-corrected chi connectivity index (χ2v) is 5.33. The molecule has 3 amide bonds. The van der Waals surface area contributed by atoms with Crippen LogP contribution >= 0.6 is 23.2 Å². The van der Waals surface area contributed by atoms with E-state index in [9.17, 15) is 14.4 Å². The molecule has 0 bridgehead atoms. The largest absolute Gasteiger partial charge is 0.469 e. The SMILES string of the molecule is COC(=O)C1CC(=O)N(C(=O)Nc2ccc(Cl)cc2Cl)C1. The maximum atomic E-state index is 12.1. The molecule has 0 aliphatic carbocycles. The maximum absolute atomic E-state index is 12.1. The number of likely N-dealkylation sites (tertiary alicyclic amines) is 1. The van der Waals surface area contributed by atoms with Crippen LogP contribution in [0.25, 0.3) is 0 Å². The fourth-order valence-electron chi connectivity index (χ4n) is 2.00. The summed E-state index contributed by atoms with van der Waals surface area (Å²) in [5, 5.41) is 3.20. The van der Waals surface area contributed by atoms with Gasteiger partial charge in [0, 0.05) is 18.0 Å². The Morgan fingerprint density at radius 1 is 1.38 bits per heavy atom. The van der Waals surface area contributed by atoms with Crippen molar-refractivity contribution in [1.82, 2.24) is 4.90 Å². The molecule has 0 radical (unpaired) electrons. The molecule has 6 nitrogen and oxygen atoms in total. The Labute approximate surface area is 130 Å². The predicted octanol–water partition coefficient (Wildman–Crippen LogP) is 2.55. The highest BCUT2D eigenvalue weighted by Gasteiger charge is 2.38. The van der Waals surface area contributed by atoms with E-state index in [4.69, 9.17) is 23.2 Å². The van der Waals surface area contributed by atoms with Crippen LogP contribution in [0.15, 0.2) is 18.2 Å². The standard InChI is InChI=1S/C13H12Cl2N2O4/c1-21-12(19)7-4-11(18)17(6-7)13(20)16-10-3-2-8(14)5-9(10)15/h2-3,5,7H,4,6H2,1H3,(H,16,20). The monoisotopic (exact) mass is 330 g/mol. The summed E-state index contributed by atoms with van der Waals surface area (Å²) >= 11 is 11.7. The van der Waals surface area contributed by atoms with Crippen molar-refractivity contribution >= 4 is 46.8 Å². The number of halogens is 2. The van der Waals surface area contributed by atoms with E-state index < -0.39 is 23.8 Å². The van der Waals surface area contributed by atoms with E-state index >= 15 is 0 Å². The Bertz CT molecular complexity index is 606. The minimum Gasteiger partial charge on any atom is -0.469 e. The van der Waals surface area contributed by atoms with Gasteiger partial charge >= 0.3 is 12.0 Å². The van der Waals surface area contributed by atoms with Gasteiger partial charge in [-0.15, -0.1) is 0 Å². The number of carbonyl (C=O) groups is 3. The number of hydrogen-bond acceptors (Lipinski definition) is 4. The first-order chi connectivity index (χ1) is 9.92. The van der Waals surface area contributed by atoms with Gasteiger partial charge in [0.25, 0.3) is 0 Å². The molecule has 0 aromatic heterocycles. The van der Waals surface area contributed by atoms with Gasteiger partial charge in [0.2, 0.25) is 5.91 Å². The molecule has 1 atom stereocenters. The van der Waals surface area contributed by atoms with Crippen LogP contribution in [0.3, 0.4) is 0 Å². The summed E-state index contributed by atoms with van der Waals surface area (Å²) in [6, 6.07) is 3.92. The molecule has 8 heteroatoms. The highest BCUT2D eigenvalue weighted by atomic mass is 35.5. The number of imide groups is 1. The lowest BCUT2D eigenvalue weighted by atomic mass is 10.1. The molecule has 1 aliphatic heterocycles. The topological polar surface area (TPSA) is 75.7 Å². The smallest absolute Gasteiger partial charge is 0.328 e. The van der Waals surface area contributed by atoms with E-state index in [1.165, 1.54) is 19.2 Å². The Kier molecular flexibility index (Phi) is 4.69. The lowest BCUT2D eigenvalue weighted by Gasteiger charge is -2.16. The van der Waals surface area contributed by atoms with Gasteiger partial charge in [-0.1, -0.05) is 23.2 Å². The van der Waals surface area contributed by atoms with Crippen LogP contribution in [-0.2, 0) is 14.3 Å². The number of benzene rings is 1. The minimum atomic E-state index is -0.643. The van der Waals surface area contributed by atoms with Crippen molar-refractivity contribution in [3.63, 3.8) is 0 Å². The zero-order valence-electron chi connectivity index (χ0n) is 11.1. The number of rotatable bonds is 2. The van der Waals surface area contributed by atoms with Gasteiger partial charge in [-0.2, -0.15) is 0 Å². The summed E-state index contributed by atoms with van der Waals surface area (Å²) in [7, 11) is 1.24. The molecular formula is C13H12Cl2N2O4. The first kappa shape index (κ1) is 15.6. The fourth-order valence-corrected chi connectivity index (χ4v) is 2.46. The number of ether oxygens (including phenoxy) is 1. The summed E-state index contributed by atoms with van der Waals surface area (Å²) in [6.07, 6.45) is -0.0472. The number of esters is 1. The zero-order valence-corrected chi connectivity index (χ0v) is 12.6. The van der Waals surface area contributed by atoms with E-state index in [0.29, 0.717) is 10.7 Å². The third-order valence-electron chi connectivity index (χ3n) is 3.08. The molecule has 1 aliphatic rings. The Hall–Kier alpha value is -1.79. The zero-order chi connectivity index (χ0) is 15.6. The lowest BCUT2D eigenvalue weighted by molar-refractivity contribution is -0.145. The predicted molar refractivity (Wildman–Crippen MR) is 77.3 cm³/mol. The molecular weight excluding hydrogens is 319 g/mol. The van der Waals surface area contributed by atoms with Crippen molar-refractivity contribution < 1.29 is 19.1 Å². The quantitative estimate of drug-likeness (QED) is 0.845. The Morgan fingerprint density at radius 2 is 2.10 bits per heavy atom. The number of carbonyl (C=O) groups excluding carboxylic acids is 3. The minimum absolute atomic E-state index is 0.0114. The molecule has 21 heavy (non-hydrogen) atoms. The summed E-state index contributed by atoms with van der Waals surface area (Å²) in [6.45, 7) is -0.0114. The van der Waals surface area contributed by atoms with Crippen molar-refractivity contribution in [2.24, 2.45) is 5.92 Å². The summed E-state index contributed by atoms with van der Waals surface area (Å²) < 4.78 is 4.58. The van der Waals surface area contributed by atoms with Crippen molar-refractivity contribution in [1.29, 1.82) is 0 Å². The molecule has 2 rings (SSSR count). The van der Waals surface area contributed by atoms with Crippen LogP contribution in [0.1, 0.15) is 6.42 Å². The lowest BCUT2D eigenvalue weighted by Crippen LogP contribution is -2.36. The highest BCUT2D eigenvalue weighted by Crippen LogP contribution is 2.26. The molecule has 1 saturated heterocycles. The van der Waals surface area contributed by atoms with E-state index in [-0.39, 0.29) is 18.0 Å². The number of amides is 3. The van der Waals surface area contributed by atoms with E-state index in [2.05, 4.69) is 10.1 Å². The molecule has 112 valence electrons. The second kappa shape index (κ2) is 6.32. The number of urea groups is 1. The van der Waals surface area contributed by atoms with Crippen molar-refractivity contribution in [3.8, 4) is 0 Å². The highest BCUT2D eigenvalue weighted by molar-refractivity contribution is 6.36. The number of nitrogens with zero attached hydrogens (tertiary/aromatic N) is 1. The van der Waals surface area contributed by atoms with Gasteiger partial charge in [-0.25, -0.2) is 4.79 Å². The molecule has 0 saturated carbocycles. The molecule has 1 fully saturated rings. The maximum Gasteiger partial charge on any atom is 0.328 e. The number of anilines is 1. The molecule has 1 N–H and O–H groups in total. The normalized spacial score (nSPS) is 17.8. The molecule has 1 unspecified atom stereocenters. The van der Waals surface area contributed by atoms with Crippen LogP contribution < -0.4 is 5.32 Å².